The SMILES string of the molecule is NC1(C(=O)Cc2ccc(OC(F)(F)F)cc2)CC1. The molecule has 1 aromatic rings. The van der Waals surface area contributed by atoms with Gasteiger partial charge in [-0.3, -0.25) is 4.79 Å². The largest absolute Gasteiger partial charge is 0.573 e. The van der Waals surface area contributed by atoms with Crippen LogP contribution in [0.25, 0.3) is 0 Å². The Labute approximate surface area is 102 Å². The summed E-state index contributed by atoms with van der Waals surface area (Å²) in [4.78, 5) is 11.7. The van der Waals surface area contributed by atoms with Crippen LogP contribution < -0.4 is 10.5 Å². The average Bonchev–Trinajstić information content (AvgIpc) is 2.99. The molecule has 1 saturated carbocycles. The number of hydrogen-bond acceptors (Lipinski definition) is 3. The molecule has 3 nitrogen and oxygen atoms in total. The third-order valence-corrected chi connectivity index (χ3v) is 2.87. The van der Waals surface area contributed by atoms with Gasteiger partial charge in [0.2, 0.25) is 0 Å². The fourth-order valence-corrected chi connectivity index (χ4v) is 1.58. The van der Waals surface area contributed by atoms with Crippen molar-refractivity contribution >= 4 is 5.78 Å². The maximum Gasteiger partial charge on any atom is 0.573 e. The van der Waals surface area contributed by atoms with E-state index in [4.69, 9.17) is 5.73 Å². The fourth-order valence-electron chi connectivity index (χ4n) is 1.58. The molecule has 2 rings (SSSR count). The van der Waals surface area contributed by atoms with E-state index >= 15 is 0 Å². The molecule has 0 unspecified atom stereocenters. The lowest BCUT2D eigenvalue weighted by Crippen LogP contribution is -2.33. The second-order valence-electron chi connectivity index (χ2n) is 4.45. The van der Waals surface area contributed by atoms with E-state index in [1.807, 2.05) is 0 Å². The van der Waals surface area contributed by atoms with Crippen LogP contribution in [-0.4, -0.2) is 17.7 Å². The number of ether oxygens (including phenoxy) is 1. The molecule has 0 aromatic heterocycles. The van der Waals surface area contributed by atoms with Crippen molar-refractivity contribution in [2.45, 2.75) is 31.2 Å². The van der Waals surface area contributed by atoms with Crippen molar-refractivity contribution in [3.63, 3.8) is 0 Å². The lowest BCUT2D eigenvalue weighted by Gasteiger charge is -2.10. The van der Waals surface area contributed by atoms with E-state index in [0.29, 0.717) is 18.4 Å². The summed E-state index contributed by atoms with van der Waals surface area (Å²) in [5.74, 6) is -0.375. The summed E-state index contributed by atoms with van der Waals surface area (Å²) in [5.41, 5.74) is 5.65. The zero-order valence-corrected chi connectivity index (χ0v) is 9.46. The molecule has 2 N–H and O–H groups in total. The van der Waals surface area contributed by atoms with Crippen LogP contribution >= 0.6 is 0 Å². The summed E-state index contributed by atoms with van der Waals surface area (Å²) in [6.45, 7) is 0. The van der Waals surface area contributed by atoms with E-state index in [0.717, 1.165) is 0 Å². The molecule has 98 valence electrons. The van der Waals surface area contributed by atoms with Crippen LogP contribution in [0.5, 0.6) is 5.75 Å². The molecular formula is C12H12F3NO2. The van der Waals surface area contributed by atoms with Crippen molar-refractivity contribution in [1.29, 1.82) is 0 Å². The fraction of sp³-hybridized carbons (Fsp3) is 0.417. The van der Waals surface area contributed by atoms with Crippen LogP contribution in [0.15, 0.2) is 24.3 Å². The predicted molar refractivity (Wildman–Crippen MR) is 58.0 cm³/mol. The number of Topliss-reactive ketones (excluding diaryl/α,β-unsaturated/α-hetero) is 1. The molecule has 18 heavy (non-hydrogen) atoms. The highest BCUT2D eigenvalue weighted by atomic mass is 19.4. The Balaban J connectivity index is 1.97. The molecule has 1 aliphatic carbocycles. The number of benzene rings is 1. The molecule has 0 spiro atoms. The van der Waals surface area contributed by atoms with Crippen LogP contribution in [0.2, 0.25) is 0 Å². The average molecular weight is 259 g/mol. The van der Waals surface area contributed by atoms with Crippen LogP contribution in [0.1, 0.15) is 18.4 Å². The van der Waals surface area contributed by atoms with Gasteiger partial charge in [0, 0.05) is 6.42 Å². The second kappa shape index (κ2) is 4.28. The van der Waals surface area contributed by atoms with Gasteiger partial charge >= 0.3 is 6.36 Å². The molecule has 0 amide bonds. The van der Waals surface area contributed by atoms with Crippen LogP contribution in [0.4, 0.5) is 13.2 Å². The Morgan fingerprint density at radius 2 is 1.83 bits per heavy atom. The first-order chi connectivity index (χ1) is 8.28. The lowest BCUT2D eigenvalue weighted by molar-refractivity contribution is -0.274. The second-order valence-corrected chi connectivity index (χ2v) is 4.45. The summed E-state index contributed by atoms with van der Waals surface area (Å²) in [6.07, 6.45) is -3.20. The first-order valence-corrected chi connectivity index (χ1v) is 5.45. The quantitative estimate of drug-likeness (QED) is 0.901. The third kappa shape index (κ3) is 3.22. The summed E-state index contributed by atoms with van der Waals surface area (Å²) in [6, 6.07) is 5.24. The van der Waals surface area contributed by atoms with Gasteiger partial charge < -0.3 is 10.5 Å². The first-order valence-electron chi connectivity index (χ1n) is 5.45. The molecule has 6 heteroatoms. The van der Waals surface area contributed by atoms with Crippen molar-refractivity contribution in [3.8, 4) is 5.75 Å². The molecule has 0 atom stereocenters. The molecule has 0 radical (unpaired) electrons. The highest BCUT2D eigenvalue weighted by Crippen LogP contribution is 2.34. The molecule has 0 bridgehead atoms. The predicted octanol–water partition coefficient (Wildman–Crippen LogP) is 2.19. The van der Waals surface area contributed by atoms with Gasteiger partial charge in [-0.1, -0.05) is 12.1 Å². The van der Waals surface area contributed by atoms with E-state index in [1.165, 1.54) is 24.3 Å². The number of rotatable bonds is 4. The monoisotopic (exact) mass is 259 g/mol. The zero-order valence-electron chi connectivity index (χ0n) is 9.46. The number of hydrogen-bond donors (Lipinski definition) is 1. The highest BCUT2D eigenvalue weighted by Gasteiger charge is 2.44. The minimum atomic E-state index is -4.70. The van der Waals surface area contributed by atoms with Crippen molar-refractivity contribution in [2.75, 3.05) is 0 Å². The van der Waals surface area contributed by atoms with Crippen molar-refractivity contribution < 1.29 is 22.7 Å². The summed E-state index contributed by atoms with van der Waals surface area (Å²) in [5, 5.41) is 0. The molecule has 1 aromatic carbocycles. The van der Waals surface area contributed by atoms with E-state index in [9.17, 15) is 18.0 Å². The van der Waals surface area contributed by atoms with Gasteiger partial charge in [0.15, 0.2) is 5.78 Å². The van der Waals surface area contributed by atoms with E-state index in [-0.39, 0.29) is 18.0 Å². The van der Waals surface area contributed by atoms with Crippen molar-refractivity contribution in [2.24, 2.45) is 5.73 Å². The maximum atomic E-state index is 11.9. The summed E-state index contributed by atoms with van der Waals surface area (Å²) >= 11 is 0. The molecule has 0 heterocycles. The molecule has 1 fully saturated rings. The molecular weight excluding hydrogens is 247 g/mol. The molecule has 0 aliphatic heterocycles. The number of carbonyl (C=O) groups is 1. The minimum Gasteiger partial charge on any atom is -0.406 e. The van der Waals surface area contributed by atoms with E-state index in [1.54, 1.807) is 0 Å². The van der Waals surface area contributed by atoms with Gasteiger partial charge in [0.05, 0.1) is 5.54 Å². The van der Waals surface area contributed by atoms with Gasteiger partial charge in [0.25, 0.3) is 0 Å². The van der Waals surface area contributed by atoms with Gasteiger partial charge in [-0.25, -0.2) is 0 Å². The van der Waals surface area contributed by atoms with Crippen LogP contribution in [-0.2, 0) is 11.2 Å². The number of carbonyl (C=O) groups excluding carboxylic acids is 1. The number of alkyl halides is 3. The molecule has 0 saturated heterocycles. The lowest BCUT2D eigenvalue weighted by atomic mass is 10.0. The summed E-state index contributed by atoms with van der Waals surface area (Å²) < 4.78 is 39.5. The van der Waals surface area contributed by atoms with Gasteiger partial charge in [-0.05, 0) is 30.5 Å². The Morgan fingerprint density at radius 1 is 1.28 bits per heavy atom. The number of halogens is 3. The van der Waals surface area contributed by atoms with Crippen molar-refractivity contribution in [3.05, 3.63) is 29.8 Å². The zero-order chi connectivity index (χ0) is 13.4. The van der Waals surface area contributed by atoms with E-state index in [2.05, 4.69) is 4.74 Å². The number of nitrogens with two attached hydrogens (primary N) is 1. The van der Waals surface area contributed by atoms with Crippen molar-refractivity contribution in [1.82, 2.24) is 0 Å². The highest BCUT2D eigenvalue weighted by molar-refractivity contribution is 5.92. The van der Waals surface area contributed by atoms with Gasteiger partial charge in [-0.15, -0.1) is 13.2 Å². The van der Waals surface area contributed by atoms with Gasteiger partial charge in [-0.2, -0.15) is 0 Å². The molecule has 1 aliphatic rings. The topological polar surface area (TPSA) is 52.3 Å². The Bertz CT molecular complexity index is 449. The smallest absolute Gasteiger partial charge is 0.406 e. The normalized spacial score (nSPS) is 17.3. The number of ketones is 1. The Hall–Kier alpha value is -1.56. The first kappa shape index (κ1) is 12.9. The minimum absolute atomic E-state index is 0.0769. The summed E-state index contributed by atoms with van der Waals surface area (Å²) in [7, 11) is 0. The maximum absolute atomic E-state index is 11.9. The Kier molecular flexibility index (Phi) is 3.06. The van der Waals surface area contributed by atoms with Gasteiger partial charge in [0.1, 0.15) is 5.75 Å². The Morgan fingerprint density at radius 3 is 2.28 bits per heavy atom. The van der Waals surface area contributed by atoms with Crippen LogP contribution in [0, 0.1) is 0 Å². The third-order valence-electron chi connectivity index (χ3n) is 2.87. The van der Waals surface area contributed by atoms with Crippen LogP contribution in [0.3, 0.4) is 0 Å². The standard InChI is InChI=1S/C12H12F3NO2/c13-12(14,15)18-9-3-1-8(2-4-9)7-10(17)11(16)5-6-11/h1-4H,5-7,16H2. The van der Waals surface area contributed by atoms with E-state index < -0.39 is 11.9 Å².